The second-order valence-corrected chi connectivity index (χ2v) is 4.24. The fourth-order valence-electron chi connectivity index (χ4n) is 1.24. The highest BCUT2D eigenvalue weighted by Crippen LogP contribution is 2.20. The van der Waals surface area contributed by atoms with E-state index in [0.29, 0.717) is 6.42 Å². The Morgan fingerprint density at radius 2 is 2.43 bits per heavy atom. The molecular weight excluding hydrogens is 196 g/mol. The number of aromatic nitrogens is 2. The van der Waals surface area contributed by atoms with Crippen molar-refractivity contribution in [2.45, 2.75) is 13.3 Å². The molecule has 0 saturated carbocycles. The van der Waals surface area contributed by atoms with Crippen LogP contribution in [0.5, 0.6) is 0 Å². The van der Waals surface area contributed by atoms with Gasteiger partial charge in [0.05, 0.1) is 6.33 Å². The molecule has 0 aliphatic rings. The van der Waals surface area contributed by atoms with Gasteiger partial charge in [-0.25, -0.2) is 4.98 Å². The Hall–Kier alpha value is -1.42. The van der Waals surface area contributed by atoms with Gasteiger partial charge in [0.2, 0.25) is 0 Å². The molecule has 72 valence electrons. The molecule has 4 heteroatoms. The van der Waals surface area contributed by atoms with E-state index in [0.717, 1.165) is 9.88 Å². The molecule has 2 aromatic rings. The lowest BCUT2D eigenvalue weighted by molar-refractivity contribution is -0.116. The molecule has 0 radical (unpaired) electrons. The Labute approximate surface area is 86.0 Å². The minimum absolute atomic E-state index is 0.198. The SMILES string of the molecule is CC(=O)Cc1ccc(-n2ccnc2)s1. The summed E-state index contributed by atoms with van der Waals surface area (Å²) in [5.41, 5.74) is 0. The van der Waals surface area contributed by atoms with Crippen LogP contribution in [0.25, 0.3) is 5.00 Å². The molecule has 0 N–H and O–H groups in total. The molecule has 3 nitrogen and oxygen atoms in total. The monoisotopic (exact) mass is 206 g/mol. The molecule has 0 spiro atoms. The number of ketones is 1. The molecular formula is C10H10N2OS. The average Bonchev–Trinajstić information content (AvgIpc) is 2.69. The summed E-state index contributed by atoms with van der Waals surface area (Å²) < 4.78 is 1.94. The normalized spacial score (nSPS) is 10.4. The first-order valence-electron chi connectivity index (χ1n) is 4.32. The minimum atomic E-state index is 0.198. The van der Waals surface area contributed by atoms with Gasteiger partial charge < -0.3 is 0 Å². The molecule has 0 unspecified atom stereocenters. The van der Waals surface area contributed by atoms with Crippen LogP contribution in [0.3, 0.4) is 0 Å². The van der Waals surface area contributed by atoms with Crippen LogP contribution in [0.2, 0.25) is 0 Å². The van der Waals surface area contributed by atoms with Gasteiger partial charge in [-0.3, -0.25) is 9.36 Å². The van der Waals surface area contributed by atoms with Crippen molar-refractivity contribution < 1.29 is 4.79 Å². The lowest BCUT2D eigenvalue weighted by atomic mass is 10.3. The molecule has 0 aliphatic carbocycles. The highest BCUT2D eigenvalue weighted by Gasteiger charge is 2.03. The number of Topliss-reactive ketones (excluding diaryl/α,β-unsaturated/α-hetero) is 1. The predicted octanol–water partition coefficient (Wildman–Crippen LogP) is 2.07. The third kappa shape index (κ3) is 1.90. The second-order valence-electron chi connectivity index (χ2n) is 3.09. The Morgan fingerprint density at radius 1 is 1.57 bits per heavy atom. The van der Waals surface area contributed by atoms with Crippen molar-refractivity contribution in [3.63, 3.8) is 0 Å². The van der Waals surface area contributed by atoms with Crippen LogP contribution in [0.15, 0.2) is 30.9 Å². The summed E-state index contributed by atoms with van der Waals surface area (Å²) in [6, 6.07) is 3.99. The van der Waals surface area contributed by atoms with Crippen molar-refractivity contribution in [2.24, 2.45) is 0 Å². The standard InChI is InChI=1S/C10H10N2OS/c1-8(13)6-9-2-3-10(14-9)12-5-4-11-7-12/h2-5,7H,6H2,1H3. The molecule has 2 heterocycles. The first kappa shape index (κ1) is 9.15. The van der Waals surface area contributed by atoms with Crippen LogP contribution in [0.4, 0.5) is 0 Å². The largest absolute Gasteiger partial charge is 0.300 e. The van der Waals surface area contributed by atoms with Crippen LogP contribution < -0.4 is 0 Å². The Morgan fingerprint density at radius 3 is 3.07 bits per heavy atom. The van der Waals surface area contributed by atoms with Gasteiger partial charge in [0.1, 0.15) is 10.8 Å². The van der Waals surface area contributed by atoms with Crippen molar-refractivity contribution in [3.8, 4) is 5.00 Å². The smallest absolute Gasteiger partial charge is 0.135 e. The summed E-state index contributed by atoms with van der Waals surface area (Å²) in [5, 5.41) is 1.10. The van der Waals surface area contributed by atoms with Crippen LogP contribution in [0.1, 0.15) is 11.8 Å². The summed E-state index contributed by atoms with van der Waals surface area (Å²) in [7, 11) is 0. The van der Waals surface area contributed by atoms with Gasteiger partial charge in [-0.15, -0.1) is 11.3 Å². The summed E-state index contributed by atoms with van der Waals surface area (Å²) in [4.78, 5) is 16.0. The molecule has 0 saturated heterocycles. The zero-order valence-electron chi connectivity index (χ0n) is 7.80. The highest BCUT2D eigenvalue weighted by molar-refractivity contribution is 7.14. The van der Waals surface area contributed by atoms with Crippen molar-refractivity contribution in [2.75, 3.05) is 0 Å². The number of carbonyl (C=O) groups is 1. The number of hydrogen-bond donors (Lipinski definition) is 0. The first-order valence-corrected chi connectivity index (χ1v) is 5.14. The Bertz CT molecular complexity index is 431. The summed E-state index contributed by atoms with van der Waals surface area (Å²) in [5.74, 6) is 0.198. The number of thiophene rings is 1. The molecule has 0 bridgehead atoms. The minimum Gasteiger partial charge on any atom is -0.300 e. The molecule has 0 atom stereocenters. The number of hydrogen-bond acceptors (Lipinski definition) is 3. The van der Waals surface area contributed by atoms with Gasteiger partial charge in [0.15, 0.2) is 0 Å². The van der Waals surface area contributed by atoms with E-state index >= 15 is 0 Å². The molecule has 0 aliphatic heterocycles. The summed E-state index contributed by atoms with van der Waals surface area (Å²) >= 11 is 1.62. The van der Waals surface area contributed by atoms with Crippen molar-refractivity contribution in [1.29, 1.82) is 0 Å². The Kier molecular flexibility index (Phi) is 2.45. The van der Waals surface area contributed by atoms with Gasteiger partial charge >= 0.3 is 0 Å². The van der Waals surface area contributed by atoms with E-state index in [2.05, 4.69) is 4.98 Å². The topological polar surface area (TPSA) is 34.9 Å². The second kappa shape index (κ2) is 3.75. The van der Waals surface area contributed by atoms with Gasteiger partial charge in [0.25, 0.3) is 0 Å². The van der Waals surface area contributed by atoms with Crippen LogP contribution in [0, 0.1) is 0 Å². The van der Waals surface area contributed by atoms with Crippen molar-refractivity contribution in [1.82, 2.24) is 9.55 Å². The van der Waals surface area contributed by atoms with Gasteiger partial charge in [-0.2, -0.15) is 0 Å². The van der Waals surface area contributed by atoms with Crippen LogP contribution >= 0.6 is 11.3 Å². The van der Waals surface area contributed by atoms with E-state index in [-0.39, 0.29) is 5.78 Å². The lowest BCUT2D eigenvalue weighted by Crippen LogP contribution is -1.92. The Balaban J connectivity index is 2.22. The molecule has 14 heavy (non-hydrogen) atoms. The van der Waals surface area contributed by atoms with E-state index in [1.807, 2.05) is 22.9 Å². The molecule has 0 amide bonds. The summed E-state index contributed by atoms with van der Waals surface area (Å²) in [6.45, 7) is 1.61. The third-order valence-corrected chi connectivity index (χ3v) is 2.93. The first-order chi connectivity index (χ1) is 6.75. The molecule has 0 fully saturated rings. The molecule has 2 aromatic heterocycles. The third-order valence-electron chi connectivity index (χ3n) is 1.83. The number of nitrogens with zero attached hydrogens (tertiary/aromatic N) is 2. The van der Waals surface area contributed by atoms with E-state index in [4.69, 9.17) is 0 Å². The number of rotatable bonds is 3. The van der Waals surface area contributed by atoms with E-state index in [1.54, 1.807) is 30.8 Å². The van der Waals surface area contributed by atoms with Gasteiger partial charge in [0, 0.05) is 23.7 Å². The maximum Gasteiger partial charge on any atom is 0.135 e. The number of imidazole rings is 1. The fourth-order valence-corrected chi connectivity index (χ4v) is 2.26. The van der Waals surface area contributed by atoms with Gasteiger partial charge in [-0.1, -0.05) is 0 Å². The summed E-state index contributed by atoms with van der Waals surface area (Å²) in [6.07, 6.45) is 5.91. The predicted molar refractivity (Wildman–Crippen MR) is 55.8 cm³/mol. The van der Waals surface area contributed by atoms with Gasteiger partial charge in [-0.05, 0) is 19.1 Å². The lowest BCUT2D eigenvalue weighted by Gasteiger charge is -1.94. The van der Waals surface area contributed by atoms with Crippen molar-refractivity contribution >= 4 is 17.1 Å². The van der Waals surface area contributed by atoms with E-state index in [9.17, 15) is 4.79 Å². The quantitative estimate of drug-likeness (QED) is 0.770. The van der Waals surface area contributed by atoms with Crippen molar-refractivity contribution in [3.05, 3.63) is 35.7 Å². The highest BCUT2D eigenvalue weighted by atomic mass is 32.1. The maximum atomic E-state index is 10.9. The maximum absolute atomic E-state index is 10.9. The van der Waals surface area contributed by atoms with E-state index < -0.39 is 0 Å². The van der Waals surface area contributed by atoms with E-state index in [1.165, 1.54) is 0 Å². The number of carbonyl (C=O) groups excluding carboxylic acids is 1. The molecule has 0 aromatic carbocycles. The zero-order valence-corrected chi connectivity index (χ0v) is 8.62. The van der Waals surface area contributed by atoms with Crippen LogP contribution in [-0.2, 0) is 11.2 Å². The van der Waals surface area contributed by atoms with Crippen LogP contribution in [-0.4, -0.2) is 15.3 Å². The average molecular weight is 206 g/mol. The fraction of sp³-hybridized carbons (Fsp3) is 0.200. The zero-order chi connectivity index (χ0) is 9.97. The molecule has 2 rings (SSSR count).